The third kappa shape index (κ3) is 4.13. The summed E-state index contributed by atoms with van der Waals surface area (Å²) in [6.45, 7) is 2.61. The van der Waals surface area contributed by atoms with E-state index in [1.54, 1.807) is 6.07 Å². The number of ether oxygens (including phenoxy) is 1. The zero-order valence-electron chi connectivity index (χ0n) is 11.6. The van der Waals surface area contributed by atoms with Gasteiger partial charge in [-0.1, -0.05) is 13.0 Å². The maximum absolute atomic E-state index is 12.1. The van der Waals surface area contributed by atoms with Crippen molar-refractivity contribution in [2.24, 2.45) is 0 Å². The van der Waals surface area contributed by atoms with Gasteiger partial charge in [0.2, 0.25) is 0 Å². The second-order valence-electron chi connectivity index (χ2n) is 5.08. The molecule has 1 N–H and O–H groups in total. The molecule has 2 rings (SSSR count). The molecule has 0 saturated carbocycles. The standard InChI is InChI=1S/C15H20F3NO/c1-2-19-14-5-3-4-11-6-7-12(10-13(11)14)20-9-8-15(16,17)18/h6-7,10,14,19H,2-5,8-9H2,1H3. The largest absolute Gasteiger partial charge is 0.493 e. The Morgan fingerprint density at radius 1 is 1.35 bits per heavy atom. The second-order valence-corrected chi connectivity index (χ2v) is 5.08. The van der Waals surface area contributed by atoms with Crippen molar-refractivity contribution in [3.63, 3.8) is 0 Å². The summed E-state index contributed by atoms with van der Waals surface area (Å²) in [4.78, 5) is 0. The van der Waals surface area contributed by atoms with Crippen molar-refractivity contribution in [2.75, 3.05) is 13.2 Å². The average molecular weight is 287 g/mol. The van der Waals surface area contributed by atoms with E-state index in [1.807, 2.05) is 12.1 Å². The first kappa shape index (κ1) is 15.2. The van der Waals surface area contributed by atoms with Gasteiger partial charge in [-0.2, -0.15) is 13.2 Å². The van der Waals surface area contributed by atoms with Gasteiger partial charge in [-0.3, -0.25) is 0 Å². The van der Waals surface area contributed by atoms with Crippen LogP contribution in [0.25, 0.3) is 0 Å². The molecule has 1 aromatic rings. The van der Waals surface area contributed by atoms with E-state index in [9.17, 15) is 13.2 Å². The molecule has 2 nitrogen and oxygen atoms in total. The quantitative estimate of drug-likeness (QED) is 0.883. The molecule has 0 spiro atoms. The monoisotopic (exact) mass is 287 g/mol. The van der Waals surface area contributed by atoms with Crippen molar-refractivity contribution in [1.29, 1.82) is 0 Å². The lowest BCUT2D eigenvalue weighted by molar-refractivity contribution is -0.139. The fourth-order valence-corrected chi connectivity index (χ4v) is 2.61. The number of alkyl halides is 3. The van der Waals surface area contributed by atoms with Crippen molar-refractivity contribution in [3.05, 3.63) is 29.3 Å². The molecular formula is C15H20F3NO. The Morgan fingerprint density at radius 2 is 2.15 bits per heavy atom. The van der Waals surface area contributed by atoms with Crippen LogP contribution < -0.4 is 10.1 Å². The van der Waals surface area contributed by atoms with Crippen LogP contribution in [0, 0.1) is 0 Å². The highest BCUT2D eigenvalue weighted by Crippen LogP contribution is 2.32. The maximum Gasteiger partial charge on any atom is 0.392 e. The van der Waals surface area contributed by atoms with E-state index in [-0.39, 0.29) is 12.6 Å². The van der Waals surface area contributed by atoms with Crippen LogP contribution in [0.5, 0.6) is 5.75 Å². The van der Waals surface area contributed by atoms with Gasteiger partial charge in [-0.25, -0.2) is 0 Å². The molecule has 0 bridgehead atoms. The number of benzene rings is 1. The Hall–Kier alpha value is -1.23. The lowest BCUT2D eigenvalue weighted by Crippen LogP contribution is -2.25. The topological polar surface area (TPSA) is 21.3 Å². The Labute approximate surface area is 117 Å². The van der Waals surface area contributed by atoms with Gasteiger partial charge in [0.15, 0.2) is 0 Å². The van der Waals surface area contributed by atoms with Gasteiger partial charge in [0.05, 0.1) is 13.0 Å². The van der Waals surface area contributed by atoms with Crippen LogP contribution in [-0.2, 0) is 6.42 Å². The molecule has 1 aliphatic carbocycles. The first-order chi connectivity index (χ1) is 9.49. The fourth-order valence-electron chi connectivity index (χ4n) is 2.61. The minimum Gasteiger partial charge on any atom is -0.493 e. The number of halogens is 3. The molecule has 0 heterocycles. The molecule has 0 aliphatic heterocycles. The van der Waals surface area contributed by atoms with Crippen molar-refractivity contribution in [1.82, 2.24) is 5.32 Å². The van der Waals surface area contributed by atoms with E-state index in [0.29, 0.717) is 5.75 Å². The highest BCUT2D eigenvalue weighted by atomic mass is 19.4. The summed E-state index contributed by atoms with van der Waals surface area (Å²) in [5, 5.41) is 3.41. The van der Waals surface area contributed by atoms with Gasteiger partial charge < -0.3 is 10.1 Å². The number of nitrogens with one attached hydrogen (secondary N) is 1. The lowest BCUT2D eigenvalue weighted by Gasteiger charge is -2.26. The van der Waals surface area contributed by atoms with Gasteiger partial charge >= 0.3 is 6.18 Å². The van der Waals surface area contributed by atoms with Crippen LogP contribution in [0.2, 0.25) is 0 Å². The predicted octanol–water partition coefficient (Wildman–Crippen LogP) is 4.00. The zero-order valence-corrected chi connectivity index (χ0v) is 11.6. The van der Waals surface area contributed by atoms with Crippen molar-refractivity contribution < 1.29 is 17.9 Å². The summed E-state index contributed by atoms with van der Waals surface area (Å²) >= 11 is 0. The molecule has 1 aliphatic rings. The SMILES string of the molecule is CCNC1CCCc2ccc(OCCC(F)(F)F)cc21. The van der Waals surface area contributed by atoms with Crippen LogP contribution in [0.4, 0.5) is 13.2 Å². The number of rotatable bonds is 5. The summed E-state index contributed by atoms with van der Waals surface area (Å²) in [5.74, 6) is 0.526. The van der Waals surface area contributed by atoms with E-state index in [4.69, 9.17) is 4.74 Å². The molecule has 0 radical (unpaired) electrons. The lowest BCUT2D eigenvalue weighted by atomic mass is 9.87. The third-order valence-corrected chi connectivity index (χ3v) is 3.54. The van der Waals surface area contributed by atoms with E-state index < -0.39 is 12.6 Å². The Bertz CT molecular complexity index is 445. The normalized spacial score (nSPS) is 18.7. The van der Waals surface area contributed by atoms with Gasteiger partial charge in [-0.15, -0.1) is 0 Å². The van der Waals surface area contributed by atoms with Crippen molar-refractivity contribution in [3.8, 4) is 5.75 Å². The molecule has 20 heavy (non-hydrogen) atoms. The third-order valence-electron chi connectivity index (χ3n) is 3.54. The smallest absolute Gasteiger partial charge is 0.392 e. The number of hydrogen-bond donors (Lipinski definition) is 1. The molecule has 1 atom stereocenters. The van der Waals surface area contributed by atoms with E-state index in [0.717, 1.165) is 25.8 Å². The molecule has 1 aromatic carbocycles. The number of fused-ring (bicyclic) bond motifs is 1. The van der Waals surface area contributed by atoms with Gasteiger partial charge in [0, 0.05) is 6.04 Å². The van der Waals surface area contributed by atoms with Crippen molar-refractivity contribution in [2.45, 2.75) is 44.8 Å². The zero-order chi connectivity index (χ0) is 14.6. The Balaban J connectivity index is 2.03. The highest BCUT2D eigenvalue weighted by molar-refractivity contribution is 5.39. The molecule has 1 unspecified atom stereocenters. The second kappa shape index (κ2) is 6.48. The van der Waals surface area contributed by atoms with Crippen LogP contribution in [0.1, 0.15) is 43.4 Å². The van der Waals surface area contributed by atoms with Crippen LogP contribution >= 0.6 is 0 Å². The molecular weight excluding hydrogens is 267 g/mol. The summed E-state index contributed by atoms with van der Waals surface area (Å²) in [5.41, 5.74) is 2.44. The number of hydrogen-bond acceptors (Lipinski definition) is 2. The van der Waals surface area contributed by atoms with Crippen molar-refractivity contribution >= 4 is 0 Å². The van der Waals surface area contributed by atoms with E-state index in [2.05, 4.69) is 12.2 Å². The molecule has 5 heteroatoms. The van der Waals surface area contributed by atoms with Gasteiger partial charge in [0.1, 0.15) is 5.75 Å². The van der Waals surface area contributed by atoms with Crippen LogP contribution in [-0.4, -0.2) is 19.3 Å². The summed E-state index contributed by atoms with van der Waals surface area (Å²) in [7, 11) is 0. The Kier molecular flexibility index (Phi) is 4.91. The first-order valence-electron chi connectivity index (χ1n) is 7.05. The molecule has 0 fully saturated rings. The molecule has 0 aromatic heterocycles. The minimum atomic E-state index is -4.17. The molecule has 0 amide bonds. The molecule has 0 saturated heterocycles. The summed E-state index contributed by atoms with van der Waals surface area (Å²) < 4.78 is 41.5. The van der Waals surface area contributed by atoms with Gasteiger partial charge in [-0.05, 0) is 49.1 Å². The van der Waals surface area contributed by atoms with E-state index in [1.165, 1.54) is 11.1 Å². The van der Waals surface area contributed by atoms with Crippen LogP contribution in [0.3, 0.4) is 0 Å². The Morgan fingerprint density at radius 3 is 2.85 bits per heavy atom. The van der Waals surface area contributed by atoms with Crippen LogP contribution in [0.15, 0.2) is 18.2 Å². The average Bonchev–Trinajstić information content (AvgIpc) is 2.38. The summed E-state index contributed by atoms with van der Waals surface area (Å²) in [6, 6.07) is 5.92. The van der Waals surface area contributed by atoms with Gasteiger partial charge in [0.25, 0.3) is 0 Å². The minimum absolute atomic E-state index is 0.287. The molecule has 112 valence electrons. The highest BCUT2D eigenvalue weighted by Gasteiger charge is 2.27. The summed E-state index contributed by atoms with van der Waals surface area (Å²) in [6.07, 6.45) is -1.85. The fraction of sp³-hybridized carbons (Fsp3) is 0.600. The maximum atomic E-state index is 12.1. The number of aryl methyl sites for hydroxylation is 1. The predicted molar refractivity (Wildman–Crippen MR) is 72.0 cm³/mol. The first-order valence-corrected chi connectivity index (χ1v) is 7.05. The van der Waals surface area contributed by atoms with E-state index >= 15 is 0 Å².